The first-order valence-electron chi connectivity index (χ1n) is 8.97. The number of allylic oxidation sites excluding steroid dienone is 1. The smallest absolute Gasteiger partial charge is 0.262 e. The fraction of sp³-hybridized carbons (Fsp3) is 0.450. The zero-order chi connectivity index (χ0) is 20.3. The normalized spacial score (nSPS) is 12.6. The summed E-state index contributed by atoms with van der Waals surface area (Å²) < 4.78 is 1.54. The number of carbonyl (C=O) groups is 1. The molecule has 1 aromatic carbocycles. The number of amides is 1. The largest absolute Gasteiger partial charge is 0.337 e. The molecule has 1 aromatic heterocycles. The predicted molar refractivity (Wildman–Crippen MR) is 114 cm³/mol. The van der Waals surface area contributed by atoms with Crippen LogP contribution in [-0.4, -0.2) is 37.7 Å². The highest BCUT2D eigenvalue weighted by molar-refractivity contribution is 8.00. The number of halogens is 1. The molecule has 0 aliphatic rings. The number of rotatable bonds is 7. The van der Waals surface area contributed by atoms with Crippen LogP contribution in [0.15, 0.2) is 40.8 Å². The second-order valence-electron chi connectivity index (χ2n) is 6.95. The Kier molecular flexibility index (Phi) is 7.12. The van der Waals surface area contributed by atoms with Gasteiger partial charge in [-0.1, -0.05) is 29.4 Å². The second-order valence-corrected chi connectivity index (χ2v) is 8.70. The van der Waals surface area contributed by atoms with E-state index in [1.807, 2.05) is 39.5 Å². The van der Waals surface area contributed by atoms with Gasteiger partial charge in [0, 0.05) is 23.7 Å². The van der Waals surface area contributed by atoms with Crippen LogP contribution in [0.2, 0.25) is 5.02 Å². The van der Waals surface area contributed by atoms with Gasteiger partial charge in [0.15, 0.2) is 5.16 Å². The van der Waals surface area contributed by atoms with Crippen molar-refractivity contribution in [2.45, 2.75) is 63.7 Å². The number of nitrogens with zero attached hydrogens (tertiary/aromatic N) is 3. The van der Waals surface area contributed by atoms with Gasteiger partial charge < -0.3 is 4.90 Å². The second kappa shape index (κ2) is 8.93. The quantitative estimate of drug-likeness (QED) is 0.388. The lowest BCUT2D eigenvalue weighted by Gasteiger charge is -2.33. The van der Waals surface area contributed by atoms with Crippen molar-refractivity contribution >= 4 is 40.2 Å². The van der Waals surface area contributed by atoms with Crippen molar-refractivity contribution in [1.82, 2.24) is 14.5 Å². The summed E-state index contributed by atoms with van der Waals surface area (Å²) in [6.45, 7) is 13.9. The number of thioether (sulfide) groups is 1. The highest BCUT2D eigenvalue weighted by atomic mass is 35.5. The molecular formula is C20H26ClN3O2S. The van der Waals surface area contributed by atoms with Gasteiger partial charge >= 0.3 is 0 Å². The molecule has 0 aliphatic carbocycles. The maximum atomic E-state index is 12.9. The van der Waals surface area contributed by atoms with E-state index in [1.54, 1.807) is 24.3 Å². The van der Waals surface area contributed by atoms with E-state index in [4.69, 9.17) is 11.6 Å². The molecule has 0 N–H and O–H groups in total. The molecule has 0 unspecified atom stereocenters. The van der Waals surface area contributed by atoms with Gasteiger partial charge in [-0.15, -0.1) is 6.58 Å². The van der Waals surface area contributed by atoms with Gasteiger partial charge in [-0.05, 0) is 52.8 Å². The third-order valence-corrected chi connectivity index (χ3v) is 5.50. The molecule has 0 aliphatic heterocycles. The molecule has 0 saturated heterocycles. The third kappa shape index (κ3) is 4.74. The summed E-state index contributed by atoms with van der Waals surface area (Å²) in [4.78, 5) is 32.3. The van der Waals surface area contributed by atoms with Gasteiger partial charge in [-0.2, -0.15) is 0 Å². The molecule has 27 heavy (non-hydrogen) atoms. The lowest BCUT2D eigenvalue weighted by molar-refractivity contribution is -0.133. The van der Waals surface area contributed by atoms with Crippen LogP contribution in [0.5, 0.6) is 0 Å². The lowest BCUT2D eigenvalue weighted by Crippen LogP contribution is -2.45. The van der Waals surface area contributed by atoms with Gasteiger partial charge in [0.1, 0.15) is 0 Å². The molecule has 146 valence electrons. The van der Waals surface area contributed by atoms with Gasteiger partial charge in [0.25, 0.3) is 5.56 Å². The van der Waals surface area contributed by atoms with E-state index in [2.05, 4.69) is 11.6 Å². The van der Waals surface area contributed by atoms with Crippen LogP contribution in [0.4, 0.5) is 0 Å². The van der Waals surface area contributed by atoms with Crippen LogP contribution >= 0.6 is 23.4 Å². The van der Waals surface area contributed by atoms with Crippen molar-refractivity contribution in [3.05, 3.63) is 46.2 Å². The van der Waals surface area contributed by atoms with Crippen molar-refractivity contribution < 1.29 is 4.79 Å². The van der Waals surface area contributed by atoms with Crippen molar-refractivity contribution in [3.8, 4) is 0 Å². The van der Waals surface area contributed by atoms with Gasteiger partial charge in [-0.3, -0.25) is 14.2 Å². The Morgan fingerprint density at radius 3 is 2.48 bits per heavy atom. The average molecular weight is 408 g/mol. The molecule has 1 amide bonds. The maximum absolute atomic E-state index is 12.9. The Bertz CT molecular complexity index is 900. The summed E-state index contributed by atoms with van der Waals surface area (Å²) in [5.74, 6) is 0.0283. The van der Waals surface area contributed by atoms with E-state index in [9.17, 15) is 9.59 Å². The molecule has 1 atom stereocenters. The Balaban J connectivity index is 2.46. The third-order valence-electron chi connectivity index (χ3n) is 4.19. The minimum atomic E-state index is -0.373. The number of hydrogen-bond acceptors (Lipinski definition) is 4. The Labute approximate surface area is 169 Å². The molecule has 7 heteroatoms. The molecule has 5 nitrogen and oxygen atoms in total. The molecule has 2 rings (SSSR count). The maximum Gasteiger partial charge on any atom is 0.262 e. The minimum absolute atomic E-state index is 0.0283. The van der Waals surface area contributed by atoms with E-state index < -0.39 is 0 Å². The molecule has 2 aromatic rings. The SMILES string of the molecule is C=CCn1c(S[C@@H](C)C(=O)N(C(C)C)C(C)C)nc2ccc(Cl)cc2c1=O. The molecule has 0 saturated carbocycles. The van der Waals surface area contributed by atoms with Crippen molar-refractivity contribution in [2.24, 2.45) is 0 Å². The van der Waals surface area contributed by atoms with E-state index in [-0.39, 0.29) is 28.8 Å². The van der Waals surface area contributed by atoms with E-state index >= 15 is 0 Å². The molecule has 0 radical (unpaired) electrons. The fourth-order valence-electron chi connectivity index (χ4n) is 3.08. The van der Waals surface area contributed by atoms with Crippen LogP contribution < -0.4 is 5.56 Å². The summed E-state index contributed by atoms with van der Waals surface area (Å²) in [6.07, 6.45) is 1.64. The summed E-state index contributed by atoms with van der Waals surface area (Å²) in [5.41, 5.74) is 0.380. The van der Waals surface area contributed by atoms with Crippen molar-refractivity contribution in [2.75, 3.05) is 0 Å². The molecular weight excluding hydrogens is 382 g/mol. The Morgan fingerprint density at radius 1 is 1.30 bits per heavy atom. The Morgan fingerprint density at radius 2 is 1.93 bits per heavy atom. The highest BCUT2D eigenvalue weighted by Crippen LogP contribution is 2.26. The molecule has 0 spiro atoms. The number of aromatic nitrogens is 2. The fourth-order valence-corrected chi connectivity index (χ4v) is 4.22. The highest BCUT2D eigenvalue weighted by Gasteiger charge is 2.27. The molecule has 1 heterocycles. The summed E-state index contributed by atoms with van der Waals surface area (Å²) in [6, 6.07) is 5.25. The number of carbonyl (C=O) groups excluding carboxylic acids is 1. The Hall–Kier alpha value is -1.79. The van der Waals surface area contributed by atoms with E-state index in [0.29, 0.717) is 27.6 Å². The van der Waals surface area contributed by atoms with Crippen molar-refractivity contribution in [3.63, 3.8) is 0 Å². The van der Waals surface area contributed by atoms with Crippen LogP contribution in [0.1, 0.15) is 34.6 Å². The monoisotopic (exact) mass is 407 g/mol. The standard InChI is InChI=1S/C20H26ClN3O2S/c1-7-10-23-19(26)16-11-15(21)8-9-17(16)22-20(23)27-14(6)18(25)24(12(2)3)13(4)5/h7-9,11-14H,1,10H2,2-6H3/t14-/m0/s1. The molecule has 0 fully saturated rings. The summed E-state index contributed by atoms with van der Waals surface area (Å²) >= 11 is 7.32. The predicted octanol–water partition coefficient (Wildman–Crippen LogP) is 4.36. The number of fused-ring (bicyclic) bond motifs is 1. The average Bonchev–Trinajstić information content (AvgIpc) is 2.58. The molecule has 0 bridgehead atoms. The summed E-state index contributed by atoms with van der Waals surface area (Å²) in [7, 11) is 0. The lowest BCUT2D eigenvalue weighted by atomic mass is 10.2. The first-order valence-corrected chi connectivity index (χ1v) is 10.2. The minimum Gasteiger partial charge on any atom is -0.337 e. The van der Waals surface area contributed by atoms with E-state index in [1.165, 1.54) is 16.3 Å². The van der Waals surface area contributed by atoms with Gasteiger partial charge in [0.05, 0.1) is 16.2 Å². The number of hydrogen-bond donors (Lipinski definition) is 0. The van der Waals surface area contributed by atoms with Crippen LogP contribution in [0.25, 0.3) is 10.9 Å². The van der Waals surface area contributed by atoms with Gasteiger partial charge in [0.2, 0.25) is 5.91 Å². The zero-order valence-corrected chi connectivity index (χ0v) is 18.0. The zero-order valence-electron chi connectivity index (χ0n) is 16.4. The topological polar surface area (TPSA) is 55.2 Å². The van der Waals surface area contributed by atoms with Crippen molar-refractivity contribution in [1.29, 1.82) is 0 Å². The van der Waals surface area contributed by atoms with Gasteiger partial charge in [-0.25, -0.2) is 4.98 Å². The van der Waals surface area contributed by atoms with Crippen LogP contribution in [0, 0.1) is 0 Å². The number of benzene rings is 1. The van der Waals surface area contributed by atoms with E-state index in [0.717, 1.165) is 0 Å². The first kappa shape index (κ1) is 21.5. The summed E-state index contributed by atoms with van der Waals surface area (Å²) in [5, 5.41) is 1.07. The van der Waals surface area contributed by atoms with Crippen LogP contribution in [-0.2, 0) is 11.3 Å². The first-order chi connectivity index (χ1) is 12.7. The van der Waals surface area contributed by atoms with Crippen LogP contribution in [0.3, 0.4) is 0 Å².